The number of carbonyl (C=O) groups excluding carboxylic acids is 1. The zero-order valence-corrected chi connectivity index (χ0v) is 16.7. The molecule has 3 heterocycles. The highest BCUT2D eigenvalue weighted by molar-refractivity contribution is 5.78. The molecule has 0 radical (unpaired) electrons. The van der Waals surface area contributed by atoms with Crippen molar-refractivity contribution in [1.29, 1.82) is 0 Å². The van der Waals surface area contributed by atoms with Crippen LogP contribution in [0.15, 0.2) is 6.20 Å². The molecule has 4 rings (SSSR count). The molecule has 0 atom stereocenters. The molecule has 1 aliphatic carbocycles. The highest BCUT2D eigenvalue weighted by Crippen LogP contribution is 2.33. The van der Waals surface area contributed by atoms with E-state index in [1.807, 2.05) is 6.20 Å². The third-order valence-electron chi connectivity index (χ3n) is 6.69. The smallest absolute Gasteiger partial charge is 0.236 e. The van der Waals surface area contributed by atoms with E-state index in [1.165, 1.54) is 62.6 Å². The van der Waals surface area contributed by atoms with Crippen molar-refractivity contribution in [3.05, 3.63) is 17.5 Å². The van der Waals surface area contributed by atoms with Crippen molar-refractivity contribution in [3.63, 3.8) is 0 Å². The average Bonchev–Trinajstić information content (AvgIpc) is 3.19. The van der Waals surface area contributed by atoms with E-state index in [0.717, 1.165) is 45.8 Å². The van der Waals surface area contributed by atoms with E-state index >= 15 is 0 Å². The zero-order valence-electron chi connectivity index (χ0n) is 16.7. The van der Waals surface area contributed by atoms with Crippen LogP contribution in [0.1, 0.15) is 68.5 Å². The maximum atomic E-state index is 12.5. The van der Waals surface area contributed by atoms with Crippen LogP contribution in [-0.4, -0.2) is 76.6 Å². The molecule has 0 unspecified atom stereocenters. The minimum Gasteiger partial charge on any atom is -0.342 e. The standard InChI is InChI=1S/C21H35N5O/c27-20(26-9-5-2-6-10-26)17-25-13-11-24(12-14-25)16-19-15-22-23-21(19)18-7-3-1-4-8-18/h15,18H,1-14,16-17H2,(H,22,23). The Morgan fingerprint density at radius 1 is 0.926 bits per heavy atom. The first kappa shape index (κ1) is 18.9. The molecule has 3 fully saturated rings. The number of piperazine rings is 1. The molecular formula is C21H35N5O. The van der Waals surface area contributed by atoms with Gasteiger partial charge in [0.05, 0.1) is 12.7 Å². The Bertz CT molecular complexity index is 595. The lowest BCUT2D eigenvalue weighted by molar-refractivity contribution is -0.133. The maximum Gasteiger partial charge on any atom is 0.236 e. The highest BCUT2D eigenvalue weighted by Gasteiger charge is 2.25. The Labute approximate surface area is 163 Å². The number of nitrogens with zero attached hydrogens (tertiary/aromatic N) is 4. The summed E-state index contributed by atoms with van der Waals surface area (Å²) in [5, 5.41) is 7.66. The fourth-order valence-corrected chi connectivity index (χ4v) is 4.97. The minimum atomic E-state index is 0.331. The Balaban J connectivity index is 1.24. The van der Waals surface area contributed by atoms with E-state index in [-0.39, 0.29) is 0 Å². The summed E-state index contributed by atoms with van der Waals surface area (Å²) in [4.78, 5) is 19.4. The van der Waals surface area contributed by atoms with Crippen LogP contribution in [0.5, 0.6) is 0 Å². The molecule has 2 aliphatic heterocycles. The van der Waals surface area contributed by atoms with E-state index in [2.05, 4.69) is 24.9 Å². The highest BCUT2D eigenvalue weighted by atomic mass is 16.2. The van der Waals surface area contributed by atoms with Crippen LogP contribution in [0.2, 0.25) is 0 Å². The first-order valence-electron chi connectivity index (χ1n) is 11.0. The van der Waals surface area contributed by atoms with Crippen molar-refractivity contribution in [1.82, 2.24) is 24.9 Å². The lowest BCUT2D eigenvalue weighted by Crippen LogP contribution is -2.50. The lowest BCUT2D eigenvalue weighted by Gasteiger charge is -2.36. The van der Waals surface area contributed by atoms with Gasteiger partial charge in [0.15, 0.2) is 0 Å². The van der Waals surface area contributed by atoms with Gasteiger partial charge in [-0.05, 0) is 32.1 Å². The van der Waals surface area contributed by atoms with E-state index in [1.54, 1.807) is 0 Å². The second-order valence-corrected chi connectivity index (χ2v) is 8.64. The maximum absolute atomic E-state index is 12.5. The van der Waals surface area contributed by atoms with Crippen LogP contribution in [-0.2, 0) is 11.3 Å². The van der Waals surface area contributed by atoms with E-state index < -0.39 is 0 Å². The third kappa shape index (κ3) is 4.91. The molecule has 0 bridgehead atoms. The summed E-state index contributed by atoms with van der Waals surface area (Å²) in [6, 6.07) is 0. The summed E-state index contributed by atoms with van der Waals surface area (Å²) in [7, 11) is 0. The summed E-state index contributed by atoms with van der Waals surface area (Å²) in [6.45, 7) is 7.60. The Kier molecular flexibility index (Phi) is 6.45. The predicted molar refractivity (Wildman–Crippen MR) is 107 cm³/mol. The number of aromatic nitrogens is 2. The van der Waals surface area contributed by atoms with Crippen LogP contribution in [0.25, 0.3) is 0 Å². The zero-order chi connectivity index (χ0) is 18.5. The van der Waals surface area contributed by atoms with Gasteiger partial charge in [-0.2, -0.15) is 5.10 Å². The summed E-state index contributed by atoms with van der Waals surface area (Å²) in [6.07, 6.45) is 12.4. The molecule has 6 heteroatoms. The van der Waals surface area contributed by atoms with Crippen LogP contribution in [0.3, 0.4) is 0 Å². The number of amides is 1. The normalized spacial score (nSPS) is 23.6. The molecule has 1 saturated carbocycles. The van der Waals surface area contributed by atoms with Gasteiger partial charge in [-0.3, -0.25) is 19.7 Å². The van der Waals surface area contributed by atoms with Gasteiger partial charge in [0.1, 0.15) is 0 Å². The number of aromatic amines is 1. The summed E-state index contributed by atoms with van der Waals surface area (Å²) in [5.74, 6) is 1.01. The number of hydrogen-bond acceptors (Lipinski definition) is 4. The van der Waals surface area contributed by atoms with Crippen molar-refractivity contribution < 1.29 is 4.79 Å². The van der Waals surface area contributed by atoms with Gasteiger partial charge in [0, 0.05) is 63.0 Å². The predicted octanol–water partition coefficient (Wildman–Crippen LogP) is 2.59. The second kappa shape index (κ2) is 9.20. The fraction of sp³-hybridized carbons (Fsp3) is 0.810. The topological polar surface area (TPSA) is 55.5 Å². The Morgan fingerprint density at radius 3 is 2.33 bits per heavy atom. The number of hydrogen-bond donors (Lipinski definition) is 1. The number of carbonyl (C=O) groups is 1. The van der Waals surface area contributed by atoms with Gasteiger partial charge in [-0.1, -0.05) is 19.3 Å². The molecule has 2 saturated heterocycles. The SMILES string of the molecule is O=C(CN1CCN(Cc2cn[nH]c2C2CCCCC2)CC1)N1CCCCC1. The van der Waals surface area contributed by atoms with Gasteiger partial charge in [-0.25, -0.2) is 0 Å². The number of nitrogens with one attached hydrogen (secondary N) is 1. The molecular weight excluding hydrogens is 338 g/mol. The molecule has 6 nitrogen and oxygen atoms in total. The van der Waals surface area contributed by atoms with Crippen molar-refractivity contribution in [2.75, 3.05) is 45.8 Å². The largest absolute Gasteiger partial charge is 0.342 e. The Morgan fingerprint density at radius 2 is 1.59 bits per heavy atom. The van der Waals surface area contributed by atoms with Crippen LogP contribution < -0.4 is 0 Å². The summed E-state index contributed by atoms with van der Waals surface area (Å²) < 4.78 is 0. The average molecular weight is 374 g/mol. The van der Waals surface area contributed by atoms with E-state index in [4.69, 9.17) is 0 Å². The number of rotatable bonds is 5. The van der Waals surface area contributed by atoms with E-state index in [0.29, 0.717) is 18.4 Å². The lowest BCUT2D eigenvalue weighted by atomic mass is 9.85. The molecule has 1 N–H and O–H groups in total. The first-order valence-corrected chi connectivity index (χ1v) is 11.0. The number of likely N-dealkylation sites (tertiary alicyclic amines) is 1. The van der Waals surface area contributed by atoms with Gasteiger partial charge in [0.25, 0.3) is 0 Å². The Hall–Kier alpha value is -1.40. The molecule has 0 aromatic carbocycles. The van der Waals surface area contributed by atoms with Crippen LogP contribution in [0.4, 0.5) is 0 Å². The number of H-pyrrole nitrogens is 1. The van der Waals surface area contributed by atoms with Crippen molar-refractivity contribution in [2.24, 2.45) is 0 Å². The van der Waals surface area contributed by atoms with E-state index in [9.17, 15) is 4.79 Å². The summed E-state index contributed by atoms with van der Waals surface area (Å²) >= 11 is 0. The van der Waals surface area contributed by atoms with Gasteiger partial charge >= 0.3 is 0 Å². The first-order chi connectivity index (χ1) is 13.3. The van der Waals surface area contributed by atoms with Crippen molar-refractivity contribution >= 4 is 5.91 Å². The monoisotopic (exact) mass is 373 g/mol. The van der Waals surface area contributed by atoms with Gasteiger partial charge in [-0.15, -0.1) is 0 Å². The van der Waals surface area contributed by atoms with Crippen molar-refractivity contribution in [3.8, 4) is 0 Å². The summed E-state index contributed by atoms with van der Waals surface area (Å²) in [5.41, 5.74) is 2.78. The second-order valence-electron chi connectivity index (χ2n) is 8.64. The quantitative estimate of drug-likeness (QED) is 0.862. The van der Waals surface area contributed by atoms with Gasteiger partial charge < -0.3 is 4.90 Å². The number of piperidine rings is 1. The van der Waals surface area contributed by atoms with Crippen LogP contribution in [0, 0.1) is 0 Å². The molecule has 3 aliphatic rings. The third-order valence-corrected chi connectivity index (χ3v) is 6.69. The molecule has 27 heavy (non-hydrogen) atoms. The molecule has 1 aromatic rings. The van der Waals surface area contributed by atoms with Gasteiger partial charge in [0.2, 0.25) is 5.91 Å². The fourth-order valence-electron chi connectivity index (χ4n) is 4.97. The minimum absolute atomic E-state index is 0.331. The van der Waals surface area contributed by atoms with Crippen LogP contribution >= 0.6 is 0 Å². The molecule has 150 valence electrons. The molecule has 1 aromatic heterocycles. The molecule has 0 spiro atoms. The van der Waals surface area contributed by atoms with Crippen molar-refractivity contribution in [2.45, 2.75) is 63.8 Å². The molecule has 1 amide bonds.